The highest BCUT2D eigenvalue weighted by molar-refractivity contribution is 5.74. The Kier molecular flexibility index (Phi) is 4.83. The van der Waals surface area contributed by atoms with Gasteiger partial charge < -0.3 is 10.2 Å². The lowest BCUT2D eigenvalue weighted by atomic mass is 10.2. The minimum absolute atomic E-state index is 0.00619. The van der Waals surface area contributed by atoms with Gasteiger partial charge in [0.15, 0.2) is 0 Å². The largest absolute Gasteiger partial charge is 0.338 e. The standard InChI is InChI=1S/C18H25N5O/c1-13-5-4-6-16(20-13)7-9-19-18(24)22-10-8-17(12-22)23-15(3)11-14(2)21-23/h4-6,11,17H,7-10,12H2,1-3H3,(H,19,24). The van der Waals surface area contributed by atoms with Gasteiger partial charge in [-0.25, -0.2) is 4.79 Å². The molecule has 2 aromatic heterocycles. The Labute approximate surface area is 142 Å². The van der Waals surface area contributed by atoms with Crippen LogP contribution in [0.15, 0.2) is 24.3 Å². The molecule has 128 valence electrons. The Morgan fingerprint density at radius 1 is 1.29 bits per heavy atom. The molecule has 6 heteroatoms. The highest BCUT2D eigenvalue weighted by Crippen LogP contribution is 2.22. The molecule has 0 saturated carbocycles. The van der Waals surface area contributed by atoms with Crippen LogP contribution in [0.25, 0.3) is 0 Å². The number of aryl methyl sites for hydroxylation is 3. The quantitative estimate of drug-likeness (QED) is 0.938. The van der Waals surface area contributed by atoms with Crippen molar-refractivity contribution in [2.75, 3.05) is 19.6 Å². The highest BCUT2D eigenvalue weighted by atomic mass is 16.2. The van der Waals surface area contributed by atoms with E-state index in [1.165, 1.54) is 0 Å². The molecule has 6 nitrogen and oxygen atoms in total. The fourth-order valence-electron chi connectivity index (χ4n) is 3.29. The van der Waals surface area contributed by atoms with Gasteiger partial charge >= 0.3 is 6.03 Å². The first-order valence-electron chi connectivity index (χ1n) is 8.51. The van der Waals surface area contributed by atoms with Crippen LogP contribution in [-0.2, 0) is 6.42 Å². The number of carbonyl (C=O) groups excluding carboxylic acids is 1. The first-order chi connectivity index (χ1) is 11.5. The molecule has 0 radical (unpaired) electrons. The summed E-state index contributed by atoms with van der Waals surface area (Å²) in [6, 6.07) is 8.34. The normalized spacial score (nSPS) is 17.3. The number of carbonyl (C=O) groups is 1. The Hall–Kier alpha value is -2.37. The van der Waals surface area contributed by atoms with Gasteiger partial charge in [0.25, 0.3) is 0 Å². The number of amides is 2. The van der Waals surface area contributed by atoms with Crippen molar-refractivity contribution in [2.45, 2.75) is 39.7 Å². The maximum Gasteiger partial charge on any atom is 0.317 e. The van der Waals surface area contributed by atoms with E-state index in [0.29, 0.717) is 6.54 Å². The lowest BCUT2D eigenvalue weighted by Crippen LogP contribution is -2.39. The molecule has 24 heavy (non-hydrogen) atoms. The van der Waals surface area contributed by atoms with E-state index in [-0.39, 0.29) is 12.1 Å². The molecule has 2 aromatic rings. The van der Waals surface area contributed by atoms with E-state index in [4.69, 9.17) is 0 Å². The minimum Gasteiger partial charge on any atom is -0.338 e. The molecule has 1 fully saturated rings. The van der Waals surface area contributed by atoms with Crippen LogP contribution in [0.2, 0.25) is 0 Å². The molecule has 1 N–H and O–H groups in total. The zero-order valence-electron chi connectivity index (χ0n) is 14.6. The van der Waals surface area contributed by atoms with E-state index < -0.39 is 0 Å². The predicted octanol–water partition coefficient (Wildman–Crippen LogP) is 2.40. The van der Waals surface area contributed by atoms with Crippen molar-refractivity contribution >= 4 is 6.03 Å². The third-order valence-corrected chi connectivity index (χ3v) is 4.44. The van der Waals surface area contributed by atoms with Crippen molar-refractivity contribution in [1.82, 2.24) is 25.0 Å². The van der Waals surface area contributed by atoms with Gasteiger partial charge in [0.1, 0.15) is 0 Å². The molecule has 1 unspecified atom stereocenters. The van der Waals surface area contributed by atoms with Gasteiger partial charge in [0.05, 0.1) is 11.7 Å². The molecule has 2 amide bonds. The lowest BCUT2D eigenvalue weighted by molar-refractivity contribution is 0.207. The van der Waals surface area contributed by atoms with Crippen LogP contribution in [0.3, 0.4) is 0 Å². The summed E-state index contributed by atoms with van der Waals surface area (Å²) in [7, 11) is 0. The second-order valence-electron chi connectivity index (χ2n) is 6.51. The van der Waals surface area contributed by atoms with Crippen molar-refractivity contribution in [2.24, 2.45) is 0 Å². The van der Waals surface area contributed by atoms with Crippen molar-refractivity contribution < 1.29 is 4.79 Å². The van der Waals surface area contributed by atoms with Crippen molar-refractivity contribution in [3.63, 3.8) is 0 Å². The molecule has 1 atom stereocenters. The molecule has 3 rings (SSSR count). The van der Waals surface area contributed by atoms with Crippen molar-refractivity contribution in [1.29, 1.82) is 0 Å². The van der Waals surface area contributed by atoms with Gasteiger partial charge in [-0.05, 0) is 45.4 Å². The molecule has 1 aliphatic rings. The summed E-state index contributed by atoms with van der Waals surface area (Å²) in [5, 5.41) is 7.55. The molecule has 1 aliphatic heterocycles. The summed E-state index contributed by atoms with van der Waals surface area (Å²) >= 11 is 0. The van der Waals surface area contributed by atoms with Crippen LogP contribution in [0, 0.1) is 20.8 Å². The summed E-state index contributed by atoms with van der Waals surface area (Å²) in [4.78, 5) is 18.7. The molecule has 0 bridgehead atoms. The van der Waals surface area contributed by atoms with Gasteiger partial charge in [-0.1, -0.05) is 6.07 Å². The highest BCUT2D eigenvalue weighted by Gasteiger charge is 2.28. The number of hydrogen-bond donors (Lipinski definition) is 1. The molecule has 0 spiro atoms. The van der Waals surface area contributed by atoms with E-state index >= 15 is 0 Å². The molecule has 0 aromatic carbocycles. The first kappa shape index (κ1) is 16.5. The number of pyridine rings is 1. The number of rotatable bonds is 4. The van der Waals surface area contributed by atoms with Crippen LogP contribution in [0.5, 0.6) is 0 Å². The Bertz CT molecular complexity index is 724. The fraction of sp³-hybridized carbons (Fsp3) is 0.500. The number of nitrogens with zero attached hydrogens (tertiary/aromatic N) is 4. The van der Waals surface area contributed by atoms with Gasteiger partial charge in [-0.15, -0.1) is 0 Å². The number of nitrogens with one attached hydrogen (secondary N) is 1. The Balaban J connectivity index is 1.49. The summed E-state index contributed by atoms with van der Waals surface area (Å²) in [5.41, 5.74) is 4.20. The second kappa shape index (κ2) is 7.03. The minimum atomic E-state index is 0.00619. The van der Waals surface area contributed by atoms with Gasteiger partial charge in [-0.3, -0.25) is 9.67 Å². The summed E-state index contributed by atoms with van der Waals surface area (Å²) in [5.74, 6) is 0. The van der Waals surface area contributed by atoms with Crippen molar-refractivity contribution in [3.8, 4) is 0 Å². The Morgan fingerprint density at radius 3 is 2.83 bits per heavy atom. The summed E-state index contributed by atoms with van der Waals surface area (Å²) in [6.07, 6.45) is 1.71. The first-order valence-corrected chi connectivity index (χ1v) is 8.51. The van der Waals surface area contributed by atoms with Crippen LogP contribution in [0.4, 0.5) is 4.79 Å². The van der Waals surface area contributed by atoms with Crippen LogP contribution in [-0.4, -0.2) is 45.3 Å². The van der Waals surface area contributed by atoms with E-state index in [9.17, 15) is 4.79 Å². The molecule has 0 aliphatic carbocycles. The smallest absolute Gasteiger partial charge is 0.317 e. The molecular formula is C18H25N5O. The monoisotopic (exact) mass is 327 g/mol. The Morgan fingerprint density at radius 2 is 2.12 bits per heavy atom. The number of likely N-dealkylation sites (tertiary alicyclic amines) is 1. The van der Waals surface area contributed by atoms with E-state index in [1.54, 1.807) is 0 Å². The second-order valence-corrected chi connectivity index (χ2v) is 6.51. The molecular weight excluding hydrogens is 302 g/mol. The maximum atomic E-state index is 12.3. The lowest BCUT2D eigenvalue weighted by Gasteiger charge is -2.18. The average molecular weight is 327 g/mol. The third-order valence-electron chi connectivity index (χ3n) is 4.44. The zero-order valence-corrected chi connectivity index (χ0v) is 14.6. The fourth-order valence-corrected chi connectivity index (χ4v) is 3.29. The summed E-state index contributed by atoms with van der Waals surface area (Å²) < 4.78 is 2.05. The summed E-state index contributed by atoms with van der Waals surface area (Å²) in [6.45, 7) is 8.15. The van der Waals surface area contributed by atoms with Gasteiger partial charge in [0, 0.05) is 43.1 Å². The molecule has 1 saturated heterocycles. The van der Waals surface area contributed by atoms with Crippen molar-refractivity contribution in [3.05, 3.63) is 47.0 Å². The van der Waals surface area contributed by atoms with E-state index in [2.05, 4.69) is 33.1 Å². The van der Waals surface area contributed by atoms with E-state index in [1.807, 2.05) is 36.9 Å². The van der Waals surface area contributed by atoms with E-state index in [0.717, 1.165) is 48.7 Å². The van der Waals surface area contributed by atoms with Crippen LogP contribution < -0.4 is 5.32 Å². The maximum absolute atomic E-state index is 12.3. The average Bonchev–Trinajstić information content (AvgIpc) is 3.13. The van der Waals surface area contributed by atoms with Gasteiger partial charge in [-0.2, -0.15) is 5.10 Å². The predicted molar refractivity (Wildman–Crippen MR) is 93.0 cm³/mol. The topological polar surface area (TPSA) is 63.1 Å². The zero-order chi connectivity index (χ0) is 17.1. The number of hydrogen-bond acceptors (Lipinski definition) is 3. The number of urea groups is 1. The third kappa shape index (κ3) is 3.75. The van der Waals surface area contributed by atoms with Crippen LogP contribution >= 0.6 is 0 Å². The van der Waals surface area contributed by atoms with Gasteiger partial charge in [0.2, 0.25) is 0 Å². The SMILES string of the molecule is Cc1cccc(CCNC(=O)N2CCC(n3nc(C)cc3C)C2)n1. The van der Waals surface area contributed by atoms with Crippen LogP contribution in [0.1, 0.15) is 35.2 Å². The number of aromatic nitrogens is 3. The molecule has 3 heterocycles.